The third-order valence-corrected chi connectivity index (χ3v) is 11.0. The molecule has 0 spiro atoms. The standard InChI is InChI=1S/C52H33NO/c1-3-14-34(15-4-1)38-30-39(35-16-5-2-6-17-35)33-41(32-38)53(40-27-26-36-18-7-8-19-37(36)31-40)47-24-13-23-43-45-28-29-49-52(46-22-11-12-25-48(46)54-49)51(45)44-21-10-9-20-42(44)50(43)47/h1-33H. The minimum absolute atomic E-state index is 0.910. The van der Waals surface area contributed by atoms with Crippen LogP contribution in [0.2, 0.25) is 0 Å². The molecule has 11 rings (SSSR count). The molecule has 0 atom stereocenters. The molecule has 2 heteroatoms. The van der Waals surface area contributed by atoms with Crippen LogP contribution < -0.4 is 4.90 Å². The highest BCUT2D eigenvalue weighted by atomic mass is 16.3. The second-order valence-corrected chi connectivity index (χ2v) is 14.1. The molecule has 252 valence electrons. The molecule has 0 N–H and O–H groups in total. The van der Waals surface area contributed by atoms with Crippen molar-refractivity contribution >= 4 is 82.1 Å². The van der Waals surface area contributed by atoms with Crippen LogP contribution in [0.3, 0.4) is 0 Å². The maximum atomic E-state index is 6.42. The predicted octanol–water partition coefficient (Wildman–Crippen LogP) is 15.0. The molecule has 0 saturated heterocycles. The van der Waals surface area contributed by atoms with Gasteiger partial charge < -0.3 is 9.32 Å². The number of nitrogens with zero attached hydrogens (tertiary/aromatic N) is 1. The first kappa shape index (κ1) is 30.5. The van der Waals surface area contributed by atoms with Gasteiger partial charge >= 0.3 is 0 Å². The summed E-state index contributed by atoms with van der Waals surface area (Å²) in [5.41, 5.74) is 9.85. The zero-order chi connectivity index (χ0) is 35.6. The molecule has 0 unspecified atom stereocenters. The summed E-state index contributed by atoms with van der Waals surface area (Å²) in [4.78, 5) is 2.47. The maximum absolute atomic E-state index is 6.42. The van der Waals surface area contributed by atoms with Gasteiger partial charge in [-0.2, -0.15) is 0 Å². The molecule has 1 heterocycles. The lowest BCUT2D eigenvalue weighted by atomic mass is 9.90. The third-order valence-electron chi connectivity index (χ3n) is 11.0. The van der Waals surface area contributed by atoms with Crippen molar-refractivity contribution in [1.82, 2.24) is 0 Å². The van der Waals surface area contributed by atoms with Gasteiger partial charge in [-0.25, -0.2) is 0 Å². The molecule has 54 heavy (non-hydrogen) atoms. The Hall–Kier alpha value is -7.16. The van der Waals surface area contributed by atoms with Crippen LogP contribution in [0.5, 0.6) is 0 Å². The number of anilines is 3. The van der Waals surface area contributed by atoms with Crippen molar-refractivity contribution in [3.63, 3.8) is 0 Å². The molecular weight excluding hydrogens is 655 g/mol. The lowest BCUT2D eigenvalue weighted by Crippen LogP contribution is -2.11. The van der Waals surface area contributed by atoms with E-state index < -0.39 is 0 Å². The number of fused-ring (bicyclic) bond motifs is 11. The van der Waals surface area contributed by atoms with Gasteiger partial charge in [0.05, 0.1) is 5.69 Å². The fraction of sp³-hybridized carbons (Fsp3) is 0. The third kappa shape index (κ3) is 4.81. The van der Waals surface area contributed by atoms with E-state index in [1.165, 1.54) is 70.7 Å². The number of rotatable bonds is 5. The number of hydrogen-bond acceptors (Lipinski definition) is 2. The Balaban J connectivity index is 1.27. The second kappa shape index (κ2) is 12.2. The highest BCUT2D eigenvalue weighted by Crippen LogP contribution is 2.48. The van der Waals surface area contributed by atoms with Gasteiger partial charge in [0.25, 0.3) is 0 Å². The van der Waals surface area contributed by atoms with E-state index in [2.05, 4.69) is 199 Å². The summed E-state index contributed by atoms with van der Waals surface area (Å²) < 4.78 is 6.42. The Morgan fingerprint density at radius 1 is 0.296 bits per heavy atom. The van der Waals surface area contributed by atoms with Crippen LogP contribution in [0.15, 0.2) is 205 Å². The van der Waals surface area contributed by atoms with Crippen molar-refractivity contribution in [1.29, 1.82) is 0 Å². The second-order valence-electron chi connectivity index (χ2n) is 14.1. The molecular formula is C52H33NO. The van der Waals surface area contributed by atoms with E-state index in [9.17, 15) is 0 Å². The van der Waals surface area contributed by atoms with Crippen molar-refractivity contribution < 1.29 is 4.42 Å². The van der Waals surface area contributed by atoms with E-state index in [0.717, 1.165) is 33.6 Å². The molecule has 0 amide bonds. The summed E-state index contributed by atoms with van der Waals surface area (Å²) >= 11 is 0. The summed E-state index contributed by atoms with van der Waals surface area (Å²) in [6.45, 7) is 0. The van der Waals surface area contributed by atoms with Crippen molar-refractivity contribution in [3.8, 4) is 22.3 Å². The van der Waals surface area contributed by atoms with Crippen molar-refractivity contribution in [3.05, 3.63) is 200 Å². The normalized spacial score (nSPS) is 11.7. The molecule has 0 bridgehead atoms. The first-order chi connectivity index (χ1) is 26.8. The van der Waals surface area contributed by atoms with Gasteiger partial charge in [-0.1, -0.05) is 146 Å². The molecule has 0 aliphatic rings. The predicted molar refractivity (Wildman–Crippen MR) is 229 cm³/mol. The maximum Gasteiger partial charge on any atom is 0.136 e. The lowest BCUT2D eigenvalue weighted by molar-refractivity contribution is 0.669. The molecule has 11 aromatic rings. The summed E-state index contributed by atoms with van der Waals surface area (Å²) in [5, 5.41) is 12.0. The SMILES string of the molecule is c1ccc(-c2cc(-c3ccccc3)cc(N(c3ccc4ccccc4c3)c3cccc4c5ccc6oc7ccccc7c6c5c5ccccc5c34)c2)cc1. The van der Waals surface area contributed by atoms with Crippen LogP contribution in [-0.4, -0.2) is 0 Å². The Kier molecular flexibility index (Phi) is 6.90. The number of hydrogen-bond donors (Lipinski definition) is 0. The molecule has 0 fully saturated rings. The average molecular weight is 688 g/mol. The fourth-order valence-electron chi connectivity index (χ4n) is 8.55. The first-order valence-electron chi connectivity index (χ1n) is 18.5. The smallest absolute Gasteiger partial charge is 0.136 e. The van der Waals surface area contributed by atoms with Crippen molar-refractivity contribution in [2.45, 2.75) is 0 Å². The number of furan rings is 1. The Morgan fingerprint density at radius 3 is 1.59 bits per heavy atom. The lowest BCUT2D eigenvalue weighted by Gasteiger charge is -2.29. The van der Waals surface area contributed by atoms with Crippen molar-refractivity contribution in [2.75, 3.05) is 4.90 Å². The van der Waals surface area contributed by atoms with E-state index in [4.69, 9.17) is 4.42 Å². The summed E-state index contributed by atoms with van der Waals surface area (Å²) in [6.07, 6.45) is 0. The Morgan fingerprint density at radius 2 is 0.870 bits per heavy atom. The Labute approximate surface area is 312 Å². The van der Waals surface area contributed by atoms with Gasteiger partial charge in [-0.05, 0) is 109 Å². The summed E-state index contributed by atoms with van der Waals surface area (Å²) in [7, 11) is 0. The zero-order valence-electron chi connectivity index (χ0n) is 29.4. The largest absolute Gasteiger partial charge is 0.456 e. The molecule has 1 aromatic heterocycles. The molecule has 0 aliphatic heterocycles. The van der Waals surface area contributed by atoms with Crippen LogP contribution in [-0.2, 0) is 0 Å². The monoisotopic (exact) mass is 687 g/mol. The summed E-state index contributed by atoms with van der Waals surface area (Å²) in [5.74, 6) is 0. The average Bonchev–Trinajstić information content (AvgIpc) is 3.63. The van der Waals surface area contributed by atoms with Gasteiger partial charge in [-0.3, -0.25) is 0 Å². The van der Waals surface area contributed by atoms with Crippen LogP contribution in [0.25, 0.3) is 87.3 Å². The highest BCUT2D eigenvalue weighted by Gasteiger charge is 2.22. The summed E-state index contributed by atoms with van der Waals surface area (Å²) in [6, 6.07) is 72.4. The van der Waals surface area contributed by atoms with Crippen LogP contribution >= 0.6 is 0 Å². The van der Waals surface area contributed by atoms with Crippen LogP contribution in [0.4, 0.5) is 17.1 Å². The van der Waals surface area contributed by atoms with Gasteiger partial charge in [0.15, 0.2) is 0 Å². The number of para-hydroxylation sites is 1. The quantitative estimate of drug-likeness (QED) is 0.168. The number of benzene rings is 10. The molecule has 0 radical (unpaired) electrons. The molecule has 0 saturated carbocycles. The topological polar surface area (TPSA) is 16.4 Å². The van der Waals surface area contributed by atoms with E-state index in [0.29, 0.717) is 0 Å². The molecule has 0 aliphatic carbocycles. The van der Waals surface area contributed by atoms with E-state index >= 15 is 0 Å². The fourth-order valence-corrected chi connectivity index (χ4v) is 8.55. The minimum Gasteiger partial charge on any atom is -0.456 e. The van der Waals surface area contributed by atoms with Gasteiger partial charge in [0, 0.05) is 32.9 Å². The highest BCUT2D eigenvalue weighted by molar-refractivity contribution is 6.36. The van der Waals surface area contributed by atoms with E-state index in [1.807, 2.05) is 6.07 Å². The van der Waals surface area contributed by atoms with Crippen molar-refractivity contribution in [2.24, 2.45) is 0 Å². The van der Waals surface area contributed by atoms with Crippen LogP contribution in [0, 0.1) is 0 Å². The Bertz CT molecular complexity index is 3130. The molecule has 10 aromatic carbocycles. The van der Waals surface area contributed by atoms with Crippen LogP contribution in [0.1, 0.15) is 0 Å². The first-order valence-corrected chi connectivity index (χ1v) is 18.5. The zero-order valence-corrected chi connectivity index (χ0v) is 29.4. The van der Waals surface area contributed by atoms with Gasteiger partial charge in [0.2, 0.25) is 0 Å². The van der Waals surface area contributed by atoms with E-state index in [1.54, 1.807) is 0 Å². The molecule has 2 nitrogen and oxygen atoms in total. The minimum atomic E-state index is 0.910. The van der Waals surface area contributed by atoms with Gasteiger partial charge in [-0.15, -0.1) is 0 Å². The van der Waals surface area contributed by atoms with Gasteiger partial charge in [0.1, 0.15) is 11.2 Å². The van der Waals surface area contributed by atoms with E-state index in [-0.39, 0.29) is 0 Å².